The van der Waals surface area contributed by atoms with Gasteiger partial charge >= 0.3 is 0 Å². The summed E-state index contributed by atoms with van der Waals surface area (Å²) in [5, 5.41) is 10.7. The molecule has 0 aliphatic heterocycles. The van der Waals surface area contributed by atoms with Gasteiger partial charge in [-0.15, -0.1) is 5.10 Å². The minimum Gasteiger partial charge on any atom is -0.384 e. The second-order valence-corrected chi connectivity index (χ2v) is 4.55. The molecule has 0 amide bonds. The van der Waals surface area contributed by atoms with Crippen LogP contribution in [-0.4, -0.2) is 27.5 Å². The van der Waals surface area contributed by atoms with E-state index >= 15 is 0 Å². The normalized spacial score (nSPS) is 10.5. The van der Waals surface area contributed by atoms with Crippen LogP contribution < -0.4 is 5.32 Å². The number of thioether (sulfide) groups is 1. The number of hydrogen-bond donors (Lipinski definition) is 2. The van der Waals surface area contributed by atoms with Crippen molar-refractivity contribution in [2.24, 2.45) is 0 Å². The van der Waals surface area contributed by atoms with E-state index in [0.29, 0.717) is 0 Å². The van der Waals surface area contributed by atoms with E-state index in [9.17, 15) is 4.39 Å². The quantitative estimate of drug-likeness (QED) is 0.634. The summed E-state index contributed by atoms with van der Waals surface area (Å²) in [6.45, 7) is 2.60. The third-order valence-corrected chi connectivity index (χ3v) is 2.91. The number of nitrogens with one attached hydrogen (secondary N) is 2. The average Bonchev–Trinajstić information content (AvgIpc) is 2.71. The molecule has 0 aliphatic carbocycles. The van der Waals surface area contributed by atoms with E-state index in [1.54, 1.807) is 17.8 Å². The maximum absolute atomic E-state index is 12.9. The van der Waals surface area contributed by atoms with Crippen molar-refractivity contribution in [3.05, 3.63) is 35.9 Å². The summed E-state index contributed by atoms with van der Waals surface area (Å²) in [7, 11) is 0. The Morgan fingerprint density at radius 3 is 3.06 bits per heavy atom. The summed E-state index contributed by atoms with van der Waals surface area (Å²) in [4.78, 5) is 4.18. The highest BCUT2D eigenvalue weighted by molar-refractivity contribution is 7.99. The van der Waals surface area contributed by atoms with Gasteiger partial charge in [0.25, 0.3) is 0 Å². The lowest BCUT2D eigenvalue weighted by molar-refractivity contribution is 0.628. The molecule has 0 aliphatic rings. The summed E-state index contributed by atoms with van der Waals surface area (Å²) < 4.78 is 12.9. The van der Waals surface area contributed by atoms with Gasteiger partial charge in [0.15, 0.2) is 0 Å². The minimum atomic E-state index is -0.229. The highest BCUT2D eigenvalue weighted by Gasteiger charge is 2.00. The molecule has 0 saturated carbocycles. The molecule has 1 aromatic heterocycles. The standard InChI is InChI=1S/C11H13FN4S/c1-8-14-11(16-15-8)17-6-5-13-10-4-2-3-9(12)7-10/h2-4,7,13H,5-6H2,1H3,(H,14,15,16). The van der Waals surface area contributed by atoms with Crippen molar-refractivity contribution < 1.29 is 4.39 Å². The van der Waals surface area contributed by atoms with E-state index in [1.165, 1.54) is 12.1 Å². The van der Waals surface area contributed by atoms with E-state index in [4.69, 9.17) is 0 Å². The summed E-state index contributed by atoms with van der Waals surface area (Å²) in [5.41, 5.74) is 0.789. The van der Waals surface area contributed by atoms with Crippen LogP contribution in [0.3, 0.4) is 0 Å². The van der Waals surface area contributed by atoms with Crippen LogP contribution in [0.4, 0.5) is 10.1 Å². The van der Waals surface area contributed by atoms with Crippen molar-refractivity contribution in [1.29, 1.82) is 0 Å². The SMILES string of the molecule is Cc1nc(SCCNc2cccc(F)c2)n[nH]1. The van der Waals surface area contributed by atoms with Gasteiger partial charge in [0.05, 0.1) is 0 Å². The first-order valence-corrected chi connectivity index (χ1v) is 6.24. The Labute approximate surface area is 103 Å². The largest absolute Gasteiger partial charge is 0.384 e. The molecule has 1 heterocycles. The number of nitrogens with zero attached hydrogens (tertiary/aromatic N) is 2. The zero-order valence-electron chi connectivity index (χ0n) is 9.40. The first-order chi connectivity index (χ1) is 8.24. The molecule has 6 heteroatoms. The van der Waals surface area contributed by atoms with Gasteiger partial charge in [-0.3, -0.25) is 5.10 Å². The van der Waals surface area contributed by atoms with Crippen molar-refractivity contribution in [3.63, 3.8) is 0 Å². The van der Waals surface area contributed by atoms with Gasteiger partial charge in [-0.05, 0) is 25.1 Å². The molecule has 0 atom stereocenters. The molecule has 4 nitrogen and oxygen atoms in total. The van der Waals surface area contributed by atoms with Crippen LogP contribution in [0.25, 0.3) is 0 Å². The van der Waals surface area contributed by atoms with Crippen molar-refractivity contribution in [2.45, 2.75) is 12.1 Å². The number of aryl methyl sites for hydroxylation is 1. The topological polar surface area (TPSA) is 53.6 Å². The van der Waals surface area contributed by atoms with Gasteiger partial charge in [0.1, 0.15) is 11.6 Å². The molecule has 1 aromatic carbocycles. The van der Waals surface area contributed by atoms with Crippen LogP contribution in [0.15, 0.2) is 29.4 Å². The van der Waals surface area contributed by atoms with Gasteiger partial charge in [-0.2, -0.15) is 0 Å². The van der Waals surface area contributed by atoms with Crippen LogP contribution in [0.1, 0.15) is 5.82 Å². The van der Waals surface area contributed by atoms with Gasteiger partial charge < -0.3 is 5.32 Å². The van der Waals surface area contributed by atoms with Crippen LogP contribution in [0, 0.1) is 12.7 Å². The fraction of sp³-hybridized carbons (Fsp3) is 0.273. The molecule has 0 spiro atoms. The predicted molar refractivity (Wildman–Crippen MR) is 66.7 cm³/mol. The molecule has 0 fully saturated rings. The van der Waals surface area contributed by atoms with E-state index in [1.807, 2.05) is 13.0 Å². The highest BCUT2D eigenvalue weighted by Crippen LogP contribution is 2.13. The zero-order chi connectivity index (χ0) is 12.1. The molecule has 90 valence electrons. The van der Waals surface area contributed by atoms with Crippen LogP contribution in [0.2, 0.25) is 0 Å². The molecule has 2 N–H and O–H groups in total. The number of H-pyrrole nitrogens is 1. The number of halogens is 1. The average molecular weight is 252 g/mol. The van der Waals surface area contributed by atoms with E-state index < -0.39 is 0 Å². The number of hydrogen-bond acceptors (Lipinski definition) is 4. The Hall–Kier alpha value is -1.56. The van der Waals surface area contributed by atoms with Crippen molar-refractivity contribution in [1.82, 2.24) is 15.2 Å². The molecule has 0 bridgehead atoms. The summed E-state index contributed by atoms with van der Waals surface area (Å²) in [6.07, 6.45) is 0. The molecule has 17 heavy (non-hydrogen) atoms. The maximum Gasteiger partial charge on any atom is 0.208 e. The highest BCUT2D eigenvalue weighted by atomic mass is 32.2. The second kappa shape index (κ2) is 5.67. The van der Waals surface area contributed by atoms with Gasteiger partial charge in [0, 0.05) is 18.0 Å². The third-order valence-electron chi connectivity index (χ3n) is 2.06. The lowest BCUT2D eigenvalue weighted by atomic mass is 10.3. The fourth-order valence-electron chi connectivity index (χ4n) is 1.32. The molecule has 0 saturated heterocycles. The van der Waals surface area contributed by atoms with Crippen LogP contribution in [0.5, 0.6) is 0 Å². The first kappa shape index (κ1) is 11.9. The maximum atomic E-state index is 12.9. The van der Waals surface area contributed by atoms with E-state index in [-0.39, 0.29) is 5.82 Å². The Morgan fingerprint density at radius 1 is 1.47 bits per heavy atom. The number of rotatable bonds is 5. The van der Waals surface area contributed by atoms with Gasteiger partial charge in [-0.1, -0.05) is 17.8 Å². The third kappa shape index (κ3) is 3.74. The molecule has 2 rings (SSSR count). The number of anilines is 1. The van der Waals surface area contributed by atoms with Crippen molar-refractivity contribution in [3.8, 4) is 0 Å². The fourth-order valence-corrected chi connectivity index (χ4v) is 2.02. The van der Waals surface area contributed by atoms with Gasteiger partial charge in [0.2, 0.25) is 5.16 Å². The zero-order valence-corrected chi connectivity index (χ0v) is 10.2. The van der Waals surface area contributed by atoms with Crippen molar-refractivity contribution >= 4 is 17.4 Å². The molecule has 0 radical (unpaired) electrons. The first-order valence-electron chi connectivity index (χ1n) is 5.25. The molecular formula is C11H13FN4S. The molecule has 2 aromatic rings. The summed E-state index contributed by atoms with van der Waals surface area (Å²) >= 11 is 1.55. The second-order valence-electron chi connectivity index (χ2n) is 3.49. The monoisotopic (exact) mass is 252 g/mol. The number of aromatic nitrogens is 3. The molecular weight excluding hydrogens is 239 g/mol. The Bertz CT molecular complexity index is 486. The summed E-state index contributed by atoms with van der Waals surface area (Å²) in [6, 6.07) is 6.42. The van der Waals surface area contributed by atoms with Gasteiger partial charge in [-0.25, -0.2) is 9.37 Å². The lowest BCUT2D eigenvalue weighted by Crippen LogP contribution is -2.04. The number of benzene rings is 1. The van der Waals surface area contributed by atoms with Crippen LogP contribution >= 0.6 is 11.8 Å². The number of aromatic amines is 1. The van der Waals surface area contributed by atoms with Crippen molar-refractivity contribution in [2.75, 3.05) is 17.6 Å². The lowest BCUT2D eigenvalue weighted by Gasteiger charge is -2.04. The smallest absolute Gasteiger partial charge is 0.208 e. The Kier molecular flexibility index (Phi) is 3.98. The van der Waals surface area contributed by atoms with E-state index in [2.05, 4.69) is 20.5 Å². The molecule has 0 unspecified atom stereocenters. The predicted octanol–water partition coefficient (Wildman–Crippen LogP) is 2.46. The Balaban J connectivity index is 1.73. The summed E-state index contributed by atoms with van der Waals surface area (Å²) in [5.74, 6) is 1.41. The Morgan fingerprint density at radius 2 is 2.35 bits per heavy atom. The van der Waals surface area contributed by atoms with Crippen LogP contribution in [-0.2, 0) is 0 Å². The minimum absolute atomic E-state index is 0.229. The van der Waals surface area contributed by atoms with E-state index in [0.717, 1.165) is 29.0 Å².